The molecule has 2 rings (SSSR count). The molecular formula is C11H22N2. The van der Waals surface area contributed by atoms with Gasteiger partial charge in [0.25, 0.3) is 0 Å². The fraction of sp³-hybridized carbons (Fsp3) is 1.00. The third kappa shape index (κ3) is 1.50. The van der Waals surface area contributed by atoms with Gasteiger partial charge >= 0.3 is 0 Å². The SMILES string of the molecule is CCC(C)N1CCCC12CCNC2. The van der Waals surface area contributed by atoms with E-state index in [1.165, 1.54) is 45.3 Å². The Morgan fingerprint density at radius 2 is 2.31 bits per heavy atom. The molecule has 0 amide bonds. The van der Waals surface area contributed by atoms with Crippen LogP contribution in [0.15, 0.2) is 0 Å². The summed E-state index contributed by atoms with van der Waals surface area (Å²) in [4.78, 5) is 2.76. The molecule has 1 N–H and O–H groups in total. The van der Waals surface area contributed by atoms with Crippen molar-refractivity contribution in [3.63, 3.8) is 0 Å². The van der Waals surface area contributed by atoms with Crippen LogP contribution in [-0.2, 0) is 0 Å². The molecule has 2 atom stereocenters. The molecule has 0 bridgehead atoms. The second kappa shape index (κ2) is 3.58. The Balaban J connectivity index is 2.08. The predicted octanol–water partition coefficient (Wildman–Crippen LogP) is 1.61. The third-order valence-electron chi connectivity index (χ3n) is 3.99. The van der Waals surface area contributed by atoms with Crippen molar-refractivity contribution in [3.8, 4) is 0 Å². The van der Waals surface area contributed by atoms with E-state index in [4.69, 9.17) is 0 Å². The smallest absolute Gasteiger partial charge is 0.0349 e. The Hall–Kier alpha value is -0.0800. The second-order valence-corrected chi connectivity index (χ2v) is 4.71. The lowest BCUT2D eigenvalue weighted by Crippen LogP contribution is -2.49. The Morgan fingerprint density at radius 1 is 1.46 bits per heavy atom. The van der Waals surface area contributed by atoms with Crippen LogP contribution in [0.2, 0.25) is 0 Å². The number of nitrogens with zero attached hydrogens (tertiary/aromatic N) is 1. The van der Waals surface area contributed by atoms with Gasteiger partial charge < -0.3 is 5.32 Å². The van der Waals surface area contributed by atoms with Crippen LogP contribution in [0, 0.1) is 0 Å². The first kappa shape index (κ1) is 9.47. The first-order valence-corrected chi connectivity index (χ1v) is 5.76. The number of rotatable bonds is 2. The van der Waals surface area contributed by atoms with Gasteiger partial charge in [-0.2, -0.15) is 0 Å². The van der Waals surface area contributed by atoms with E-state index in [0.717, 1.165) is 6.04 Å². The topological polar surface area (TPSA) is 15.3 Å². The average Bonchev–Trinajstić information content (AvgIpc) is 2.76. The van der Waals surface area contributed by atoms with E-state index in [9.17, 15) is 0 Å². The minimum absolute atomic E-state index is 0.551. The minimum atomic E-state index is 0.551. The Kier molecular flexibility index (Phi) is 2.61. The fourth-order valence-corrected chi connectivity index (χ4v) is 3.06. The van der Waals surface area contributed by atoms with Crippen molar-refractivity contribution in [2.45, 2.75) is 51.1 Å². The molecule has 2 fully saturated rings. The molecule has 13 heavy (non-hydrogen) atoms. The van der Waals surface area contributed by atoms with E-state index < -0.39 is 0 Å². The van der Waals surface area contributed by atoms with Crippen molar-refractivity contribution in [2.24, 2.45) is 0 Å². The van der Waals surface area contributed by atoms with Crippen LogP contribution >= 0.6 is 0 Å². The van der Waals surface area contributed by atoms with Gasteiger partial charge in [0, 0.05) is 18.1 Å². The van der Waals surface area contributed by atoms with Crippen LogP contribution in [0.3, 0.4) is 0 Å². The van der Waals surface area contributed by atoms with Gasteiger partial charge in [-0.3, -0.25) is 4.90 Å². The van der Waals surface area contributed by atoms with Gasteiger partial charge in [-0.1, -0.05) is 6.92 Å². The summed E-state index contributed by atoms with van der Waals surface area (Å²) in [6.07, 6.45) is 5.50. The van der Waals surface area contributed by atoms with E-state index in [-0.39, 0.29) is 0 Å². The van der Waals surface area contributed by atoms with Crippen molar-refractivity contribution in [1.29, 1.82) is 0 Å². The molecule has 0 aromatic heterocycles. The maximum Gasteiger partial charge on any atom is 0.0349 e. The molecule has 2 nitrogen and oxygen atoms in total. The van der Waals surface area contributed by atoms with E-state index in [2.05, 4.69) is 24.1 Å². The molecule has 0 aromatic rings. The third-order valence-corrected chi connectivity index (χ3v) is 3.99. The minimum Gasteiger partial charge on any atom is -0.315 e. The number of nitrogens with one attached hydrogen (secondary N) is 1. The highest BCUT2D eigenvalue weighted by Crippen LogP contribution is 2.36. The van der Waals surface area contributed by atoms with Crippen LogP contribution in [0.4, 0.5) is 0 Å². The van der Waals surface area contributed by atoms with Crippen LogP contribution in [0.1, 0.15) is 39.5 Å². The first-order chi connectivity index (χ1) is 6.28. The quantitative estimate of drug-likeness (QED) is 0.698. The van der Waals surface area contributed by atoms with Crippen LogP contribution in [0.25, 0.3) is 0 Å². The summed E-state index contributed by atoms with van der Waals surface area (Å²) >= 11 is 0. The molecule has 76 valence electrons. The highest BCUT2D eigenvalue weighted by atomic mass is 15.3. The average molecular weight is 182 g/mol. The lowest BCUT2D eigenvalue weighted by atomic mass is 9.94. The molecule has 2 aliphatic rings. The van der Waals surface area contributed by atoms with Crippen molar-refractivity contribution < 1.29 is 0 Å². The van der Waals surface area contributed by atoms with Crippen molar-refractivity contribution in [2.75, 3.05) is 19.6 Å². The summed E-state index contributed by atoms with van der Waals surface area (Å²) in [5.74, 6) is 0. The number of likely N-dealkylation sites (tertiary alicyclic amines) is 1. The molecule has 0 radical (unpaired) electrons. The molecule has 0 aromatic carbocycles. The van der Waals surface area contributed by atoms with Gasteiger partial charge in [0.15, 0.2) is 0 Å². The molecule has 2 heteroatoms. The molecule has 2 unspecified atom stereocenters. The zero-order chi connectivity index (χ0) is 9.31. The Morgan fingerprint density at radius 3 is 2.92 bits per heavy atom. The van der Waals surface area contributed by atoms with Gasteiger partial charge in [-0.25, -0.2) is 0 Å². The van der Waals surface area contributed by atoms with Crippen molar-refractivity contribution >= 4 is 0 Å². The van der Waals surface area contributed by atoms with Crippen LogP contribution in [-0.4, -0.2) is 36.1 Å². The highest BCUT2D eigenvalue weighted by Gasteiger charge is 2.44. The van der Waals surface area contributed by atoms with Crippen molar-refractivity contribution in [1.82, 2.24) is 10.2 Å². The standard InChI is InChI=1S/C11H22N2/c1-3-10(2)13-8-4-5-11(13)6-7-12-9-11/h10,12H,3-9H2,1-2H3. The van der Waals surface area contributed by atoms with Gasteiger partial charge in [0.05, 0.1) is 0 Å². The summed E-state index contributed by atoms with van der Waals surface area (Å²) in [6, 6.07) is 0.780. The number of hydrogen-bond acceptors (Lipinski definition) is 2. The lowest BCUT2D eigenvalue weighted by molar-refractivity contribution is 0.107. The van der Waals surface area contributed by atoms with Gasteiger partial charge in [-0.15, -0.1) is 0 Å². The lowest BCUT2D eigenvalue weighted by Gasteiger charge is -2.38. The molecule has 2 saturated heterocycles. The summed E-state index contributed by atoms with van der Waals surface area (Å²) in [6.45, 7) is 8.48. The fourth-order valence-electron chi connectivity index (χ4n) is 3.06. The number of hydrogen-bond donors (Lipinski definition) is 1. The molecule has 2 heterocycles. The van der Waals surface area contributed by atoms with Crippen LogP contribution < -0.4 is 5.32 Å². The van der Waals surface area contributed by atoms with E-state index in [1.807, 2.05) is 0 Å². The normalized spacial score (nSPS) is 37.4. The summed E-state index contributed by atoms with van der Waals surface area (Å²) in [5.41, 5.74) is 0.551. The van der Waals surface area contributed by atoms with Crippen molar-refractivity contribution in [3.05, 3.63) is 0 Å². The maximum absolute atomic E-state index is 3.52. The molecular weight excluding hydrogens is 160 g/mol. The van der Waals surface area contributed by atoms with Crippen LogP contribution in [0.5, 0.6) is 0 Å². The Labute approximate surface area is 81.7 Å². The molecule has 0 aliphatic carbocycles. The predicted molar refractivity (Wildman–Crippen MR) is 55.9 cm³/mol. The zero-order valence-corrected chi connectivity index (χ0v) is 8.97. The molecule has 1 spiro atoms. The van der Waals surface area contributed by atoms with E-state index in [1.54, 1.807) is 0 Å². The summed E-state index contributed by atoms with van der Waals surface area (Å²) in [5, 5.41) is 3.52. The maximum atomic E-state index is 3.52. The molecule has 0 saturated carbocycles. The van der Waals surface area contributed by atoms with Gasteiger partial charge in [0.2, 0.25) is 0 Å². The monoisotopic (exact) mass is 182 g/mol. The van der Waals surface area contributed by atoms with Gasteiger partial charge in [0.1, 0.15) is 0 Å². The van der Waals surface area contributed by atoms with E-state index >= 15 is 0 Å². The largest absolute Gasteiger partial charge is 0.315 e. The Bertz CT molecular complexity index is 167. The summed E-state index contributed by atoms with van der Waals surface area (Å²) in [7, 11) is 0. The zero-order valence-electron chi connectivity index (χ0n) is 8.97. The van der Waals surface area contributed by atoms with Gasteiger partial charge in [-0.05, 0) is 45.7 Å². The van der Waals surface area contributed by atoms with E-state index in [0.29, 0.717) is 5.54 Å². The highest BCUT2D eigenvalue weighted by molar-refractivity contribution is 5.02. The first-order valence-electron chi connectivity index (χ1n) is 5.76. The molecule has 2 aliphatic heterocycles. The second-order valence-electron chi connectivity index (χ2n) is 4.71. The summed E-state index contributed by atoms with van der Waals surface area (Å²) < 4.78 is 0.